The van der Waals surface area contributed by atoms with Crippen molar-refractivity contribution in [1.82, 2.24) is 0 Å². The van der Waals surface area contributed by atoms with Crippen LogP contribution < -0.4 is 15.4 Å². The standard InChI is InChI=1S/C17H19FN2O2/c1-3-22-15-8-6-13(7-9-15)19-11-17(21)20-14-5-4-12(2)16(18)10-14/h4-10,19H,3,11H2,1-2H3,(H,20,21). The van der Waals surface area contributed by atoms with Gasteiger partial charge in [0.25, 0.3) is 0 Å². The molecule has 2 rings (SSSR count). The van der Waals surface area contributed by atoms with E-state index in [1.807, 2.05) is 31.2 Å². The second kappa shape index (κ2) is 7.45. The Balaban J connectivity index is 1.85. The van der Waals surface area contributed by atoms with Crippen LogP contribution in [0.4, 0.5) is 15.8 Å². The van der Waals surface area contributed by atoms with E-state index in [0.717, 1.165) is 11.4 Å². The summed E-state index contributed by atoms with van der Waals surface area (Å²) in [4.78, 5) is 11.8. The van der Waals surface area contributed by atoms with Crippen LogP contribution in [0.15, 0.2) is 42.5 Å². The smallest absolute Gasteiger partial charge is 0.243 e. The number of carbonyl (C=O) groups is 1. The van der Waals surface area contributed by atoms with E-state index in [2.05, 4.69) is 10.6 Å². The molecule has 5 heteroatoms. The molecule has 0 spiro atoms. The van der Waals surface area contributed by atoms with Crippen LogP contribution in [0.3, 0.4) is 0 Å². The Hall–Kier alpha value is -2.56. The van der Waals surface area contributed by atoms with Crippen LogP contribution in [0.1, 0.15) is 12.5 Å². The molecule has 0 saturated heterocycles. The molecule has 2 aromatic rings. The first kappa shape index (κ1) is 15.8. The van der Waals surface area contributed by atoms with Crippen molar-refractivity contribution in [3.63, 3.8) is 0 Å². The summed E-state index contributed by atoms with van der Waals surface area (Å²) in [5.41, 5.74) is 1.81. The molecule has 0 radical (unpaired) electrons. The molecule has 0 fully saturated rings. The van der Waals surface area contributed by atoms with E-state index in [9.17, 15) is 9.18 Å². The van der Waals surface area contributed by atoms with Crippen LogP contribution in [0.5, 0.6) is 5.75 Å². The first-order valence-corrected chi connectivity index (χ1v) is 7.11. The Kier molecular flexibility index (Phi) is 5.36. The number of rotatable bonds is 6. The van der Waals surface area contributed by atoms with Crippen molar-refractivity contribution in [2.24, 2.45) is 0 Å². The number of hydrogen-bond donors (Lipinski definition) is 2. The summed E-state index contributed by atoms with van der Waals surface area (Å²) in [6.07, 6.45) is 0. The molecule has 0 heterocycles. The van der Waals surface area contributed by atoms with Gasteiger partial charge in [-0.25, -0.2) is 4.39 Å². The predicted molar refractivity (Wildman–Crippen MR) is 85.9 cm³/mol. The lowest BCUT2D eigenvalue weighted by Crippen LogP contribution is -2.21. The van der Waals surface area contributed by atoms with E-state index in [1.165, 1.54) is 6.07 Å². The van der Waals surface area contributed by atoms with Crippen LogP contribution in [-0.4, -0.2) is 19.1 Å². The lowest BCUT2D eigenvalue weighted by atomic mass is 10.2. The van der Waals surface area contributed by atoms with E-state index in [1.54, 1.807) is 19.1 Å². The molecule has 0 unspecified atom stereocenters. The average molecular weight is 302 g/mol. The van der Waals surface area contributed by atoms with Gasteiger partial charge in [0.1, 0.15) is 11.6 Å². The Labute approximate surface area is 129 Å². The fourth-order valence-corrected chi connectivity index (χ4v) is 1.89. The summed E-state index contributed by atoms with van der Waals surface area (Å²) in [6.45, 7) is 4.31. The zero-order chi connectivity index (χ0) is 15.9. The Bertz CT molecular complexity index is 642. The number of benzene rings is 2. The summed E-state index contributed by atoms with van der Waals surface area (Å²) in [5, 5.41) is 5.64. The van der Waals surface area contributed by atoms with Gasteiger partial charge in [0.15, 0.2) is 0 Å². The van der Waals surface area contributed by atoms with Crippen LogP contribution in [-0.2, 0) is 4.79 Å². The minimum absolute atomic E-state index is 0.101. The lowest BCUT2D eigenvalue weighted by Gasteiger charge is -2.09. The molecule has 1 amide bonds. The van der Waals surface area contributed by atoms with Crippen molar-refractivity contribution in [2.45, 2.75) is 13.8 Å². The fourth-order valence-electron chi connectivity index (χ4n) is 1.89. The highest BCUT2D eigenvalue weighted by Crippen LogP contribution is 2.16. The maximum atomic E-state index is 13.4. The van der Waals surface area contributed by atoms with Crippen LogP contribution in [0, 0.1) is 12.7 Å². The highest BCUT2D eigenvalue weighted by Gasteiger charge is 2.05. The minimum atomic E-state index is -0.336. The molecule has 0 bridgehead atoms. The molecule has 116 valence electrons. The number of nitrogens with one attached hydrogen (secondary N) is 2. The highest BCUT2D eigenvalue weighted by atomic mass is 19.1. The number of halogens is 1. The van der Waals surface area contributed by atoms with Gasteiger partial charge < -0.3 is 15.4 Å². The number of anilines is 2. The summed E-state index contributed by atoms with van der Waals surface area (Å²) < 4.78 is 18.7. The molecule has 0 aliphatic rings. The summed E-state index contributed by atoms with van der Waals surface area (Å²) in [7, 11) is 0. The third-order valence-corrected chi connectivity index (χ3v) is 3.07. The number of aryl methyl sites for hydroxylation is 1. The van der Waals surface area contributed by atoms with Gasteiger partial charge in [-0.1, -0.05) is 6.07 Å². The normalized spacial score (nSPS) is 10.1. The van der Waals surface area contributed by atoms with Crippen molar-refractivity contribution in [1.29, 1.82) is 0 Å². The van der Waals surface area contributed by atoms with Gasteiger partial charge >= 0.3 is 0 Å². The first-order valence-electron chi connectivity index (χ1n) is 7.11. The predicted octanol–water partition coefficient (Wildman–Crippen LogP) is 3.58. The molecule has 4 nitrogen and oxygen atoms in total. The summed E-state index contributed by atoms with van der Waals surface area (Å²) in [6, 6.07) is 12.0. The van der Waals surface area contributed by atoms with Crippen molar-refractivity contribution < 1.29 is 13.9 Å². The number of amides is 1. The minimum Gasteiger partial charge on any atom is -0.494 e. The Morgan fingerprint density at radius 3 is 2.45 bits per heavy atom. The molecule has 0 saturated carbocycles. The summed E-state index contributed by atoms with van der Waals surface area (Å²) in [5.74, 6) is 0.210. The molecule has 0 aromatic heterocycles. The quantitative estimate of drug-likeness (QED) is 0.857. The van der Waals surface area contributed by atoms with Gasteiger partial charge in [0.05, 0.1) is 13.2 Å². The van der Waals surface area contributed by atoms with Gasteiger partial charge in [-0.3, -0.25) is 4.79 Å². The van der Waals surface area contributed by atoms with Crippen molar-refractivity contribution in [2.75, 3.05) is 23.8 Å². The Morgan fingerprint density at radius 1 is 1.14 bits per heavy atom. The molecular formula is C17H19FN2O2. The number of carbonyl (C=O) groups excluding carboxylic acids is 1. The largest absolute Gasteiger partial charge is 0.494 e. The van der Waals surface area contributed by atoms with Gasteiger partial charge in [0, 0.05) is 11.4 Å². The molecule has 0 atom stereocenters. The van der Waals surface area contributed by atoms with Crippen LogP contribution in [0.2, 0.25) is 0 Å². The molecule has 2 N–H and O–H groups in total. The van der Waals surface area contributed by atoms with Gasteiger partial charge in [0.2, 0.25) is 5.91 Å². The molecule has 0 aliphatic carbocycles. The highest BCUT2D eigenvalue weighted by molar-refractivity contribution is 5.93. The average Bonchev–Trinajstić information content (AvgIpc) is 2.51. The van der Waals surface area contributed by atoms with Crippen molar-refractivity contribution >= 4 is 17.3 Å². The lowest BCUT2D eigenvalue weighted by molar-refractivity contribution is -0.114. The van der Waals surface area contributed by atoms with E-state index in [0.29, 0.717) is 17.9 Å². The first-order chi connectivity index (χ1) is 10.6. The zero-order valence-corrected chi connectivity index (χ0v) is 12.7. The van der Waals surface area contributed by atoms with E-state index < -0.39 is 0 Å². The van der Waals surface area contributed by atoms with Crippen LogP contribution in [0.25, 0.3) is 0 Å². The van der Waals surface area contributed by atoms with Crippen molar-refractivity contribution in [3.8, 4) is 5.75 Å². The molecule has 0 aliphatic heterocycles. The molecule has 2 aromatic carbocycles. The maximum absolute atomic E-state index is 13.4. The van der Waals surface area contributed by atoms with Gasteiger partial charge in [-0.2, -0.15) is 0 Å². The van der Waals surface area contributed by atoms with Crippen molar-refractivity contribution in [3.05, 3.63) is 53.8 Å². The zero-order valence-electron chi connectivity index (χ0n) is 12.7. The van der Waals surface area contributed by atoms with E-state index >= 15 is 0 Å². The van der Waals surface area contributed by atoms with Gasteiger partial charge in [-0.05, 0) is 55.8 Å². The van der Waals surface area contributed by atoms with E-state index in [4.69, 9.17) is 4.74 Å². The Morgan fingerprint density at radius 2 is 1.82 bits per heavy atom. The van der Waals surface area contributed by atoms with E-state index in [-0.39, 0.29) is 18.3 Å². The van der Waals surface area contributed by atoms with Crippen LogP contribution >= 0.6 is 0 Å². The third kappa shape index (κ3) is 4.48. The maximum Gasteiger partial charge on any atom is 0.243 e. The topological polar surface area (TPSA) is 50.4 Å². The van der Waals surface area contributed by atoms with Gasteiger partial charge in [-0.15, -0.1) is 0 Å². The second-order valence-electron chi connectivity index (χ2n) is 4.82. The SMILES string of the molecule is CCOc1ccc(NCC(=O)Nc2ccc(C)c(F)c2)cc1. The fraction of sp³-hybridized carbons (Fsp3) is 0.235. The number of ether oxygens (including phenoxy) is 1. The monoisotopic (exact) mass is 302 g/mol. The summed E-state index contributed by atoms with van der Waals surface area (Å²) >= 11 is 0. The molecular weight excluding hydrogens is 283 g/mol. The number of hydrogen-bond acceptors (Lipinski definition) is 3. The molecule has 22 heavy (non-hydrogen) atoms. The third-order valence-electron chi connectivity index (χ3n) is 3.07. The second-order valence-corrected chi connectivity index (χ2v) is 4.82.